The lowest BCUT2D eigenvalue weighted by Gasteiger charge is -2.20. The Hall–Kier alpha value is -3.49. The van der Waals surface area contributed by atoms with Crippen molar-refractivity contribution in [2.75, 3.05) is 12.1 Å². The van der Waals surface area contributed by atoms with Gasteiger partial charge in [0.05, 0.1) is 5.02 Å². The SMILES string of the molecule is Clc1cc2c(cc1C1Nc3ccccc3-c3nnc(SCc4ccccc4)nc3O1)OCO2. The zero-order chi connectivity index (χ0) is 22.2. The van der Waals surface area contributed by atoms with Crippen LogP contribution in [0.3, 0.4) is 0 Å². The second-order valence-electron chi connectivity index (χ2n) is 7.44. The van der Waals surface area contributed by atoms with Crippen LogP contribution in [0, 0.1) is 0 Å². The predicted molar refractivity (Wildman–Crippen MR) is 126 cm³/mol. The number of hydrogen-bond donors (Lipinski definition) is 1. The number of para-hydroxylation sites is 1. The first-order chi connectivity index (χ1) is 16.2. The third-order valence-corrected chi connectivity index (χ3v) is 6.55. The normalized spacial score (nSPS) is 15.6. The molecule has 3 heterocycles. The molecule has 0 fully saturated rings. The van der Waals surface area contributed by atoms with Gasteiger partial charge in [-0.2, -0.15) is 4.98 Å². The molecule has 0 spiro atoms. The van der Waals surface area contributed by atoms with Crippen LogP contribution in [0.5, 0.6) is 17.4 Å². The summed E-state index contributed by atoms with van der Waals surface area (Å²) in [4.78, 5) is 4.69. The highest BCUT2D eigenvalue weighted by molar-refractivity contribution is 7.98. The van der Waals surface area contributed by atoms with E-state index in [1.165, 1.54) is 17.3 Å². The summed E-state index contributed by atoms with van der Waals surface area (Å²) in [6, 6.07) is 21.5. The van der Waals surface area contributed by atoms with Gasteiger partial charge in [-0.05, 0) is 17.7 Å². The quantitative estimate of drug-likeness (QED) is 0.375. The molecule has 0 bridgehead atoms. The minimum absolute atomic E-state index is 0.166. The van der Waals surface area contributed by atoms with Gasteiger partial charge in [0.15, 0.2) is 23.4 Å². The number of anilines is 1. The summed E-state index contributed by atoms with van der Waals surface area (Å²) in [5.74, 6) is 2.35. The van der Waals surface area contributed by atoms with E-state index in [1.807, 2.05) is 48.5 Å². The summed E-state index contributed by atoms with van der Waals surface area (Å²) in [6.45, 7) is 0.166. The molecule has 6 rings (SSSR count). The maximum Gasteiger partial charge on any atom is 0.247 e. The molecule has 0 radical (unpaired) electrons. The Morgan fingerprint density at radius 1 is 0.970 bits per heavy atom. The van der Waals surface area contributed by atoms with Crippen molar-refractivity contribution in [2.24, 2.45) is 0 Å². The van der Waals surface area contributed by atoms with Crippen LogP contribution in [-0.4, -0.2) is 22.0 Å². The van der Waals surface area contributed by atoms with Gasteiger partial charge in [-0.25, -0.2) is 0 Å². The second kappa shape index (κ2) is 8.46. The molecule has 0 saturated heterocycles. The van der Waals surface area contributed by atoms with Gasteiger partial charge in [-0.1, -0.05) is 71.9 Å². The molecule has 0 saturated carbocycles. The van der Waals surface area contributed by atoms with E-state index in [1.54, 1.807) is 6.07 Å². The van der Waals surface area contributed by atoms with Crippen molar-refractivity contribution in [3.05, 3.63) is 82.9 Å². The summed E-state index contributed by atoms with van der Waals surface area (Å²) in [6.07, 6.45) is -0.613. The molecule has 7 nitrogen and oxygen atoms in total. The second-order valence-corrected chi connectivity index (χ2v) is 8.79. The van der Waals surface area contributed by atoms with Crippen LogP contribution in [0.25, 0.3) is 11.3 Å². The zero-order valence-corrected chi connectivity index (χ0v) is 18.8. The Bertz CT molecular complexity index is 1340. The Balaban J connectivity index is 1.38. The number of nitrogens with one attached hydrogen (secondary N) is 1. The number of nitrogens with zero attached hydrogens (tertiary/aromatic N) is 3. The van der Waals surface area contributed by atoms with E-state index < -0.39 is 6.23 Å². The first kappa shape index (κ1) is 20.1. The van der Waals surface area contributed by atoms with Crippen molar-refractivity contribution in [3.8, 4) is 28.6 Å². The van der Waals surface area contributed by atoms with E-state index in [2.05, 4.69) is 27.6 Å². The molecule has 4 aromatic rings. The minimum Gasteiger partial charge on any atom is -0.454 e. The standard InChI is InChI=1S/C24H17ClN4O3S/c25-17-11-20-19(30-13-31-20)10-16(17)22-26-18-9-5-4-8-15(18)21-23(32-22)27-24(29-28-21)33-12-14-6-2-1-3-7-14/h1-11,22,26H,12-13H2. The molecule has 1 aromatic heterocycles. The number of rotatable bonds is 4. The fraction of sp³-hybridized carbons (Fsp3) is 0.125. The average molecular weight is 477 g/mol. The highest BCUT2D eigenvalue weighted by atomic mass is 35.5. The first-order valence-corrected chi connectivity index (χ1v) is 11.6. The molecule has 0 amide bonds. The highest BCUT2D eigenvalue weighted by Gasteiger charge is 2.29. The molecule has 1 atom stereocenters. The first-order valence-electron chi connectivity index (χ1n) is 10.3. The van der Waals surface area contributed by atoms with E-state index in [0.717, 1.165) is 17.0 Å². The largest absolute Gasteiger partial charge is 0.454 e. The van der Waals surface area contributed by atoms with Crippen molar-refractivity contribution in [1.82, 2.24) is 15.2 Å². The van der Waals surface area contributed by atoms with Gasteiger partial charge < -0.3 is 19.5 Å². The third kappa shape index (κ3) is 3.92. The van der Waals surface area contributed by atoms with Gasteiger partial charge in [-0.15, -0.1) is 10.2 Å². The molecule has 9 heteroatoms. The number of hydrogen-bond acceptors (Lipinski definition) is 8. The lowest BCUT2D eigenvalue weighted by Crippen LogP contribution is -2.17. The van der Waals surface area contributed by atoms with Crippen LogP contribution in [-0.2, 0) is 5.75 Å². The lowest BCUT2D eigenvalue weighted by molar-refractivity contribution is 0.173. The van der Waals surface area contributed by atoms with Crippen molar-refractivity contribution < 1.29 is 14.2 Å². The summed E-state index contributed by atoms with van der Waals surface area (Å²) in [5.41, 5.74) is 4.16. The number of fused-ring (bicyclic) bond motifs is 4. The number of thioether (sulfide) groups is 1. The van der Waals surface area contributed by atoms with Gasteiger partial charge in [0, 0.05) is 28.6 Å². The summed E-state index contributed by atoms with van der Waals surface area (Å²) in [5, 5.41) is 13.3. The van der Waals surface area contributed by atoms with Crippen LogP contribution >= 0.6 is 23.4 Å². The molecule has 2 aliphatic heterocycles. The van der Waals surface area contributed by atoms with Gasteiger partial charge >= 0.3 is 0 Å². The summed E-state index contributed by atoms with van der Waals surface area (Å²) < 4.78 is 17.3. The monoisotopic (exact) mass is 476 g/mol. The smallest absolute Gasteiger partial charge is 0.247 e. The molecule has 164 valence electrons. The number of ether oxygens (including phenoxy) is 3. The zero-order valence-electron chi connectivity index (χ0n) is 17.2. The molecular weight excluding hydrogens is 460 g/mol. The molecular formula is C24H17ClN4O3S. The van der Waals surface area contributed by atoms with Crippen LogP contribution in [0.15, 0.2) is 71.9 Å². The maximum atomic E-state index is 6.59. The van der Waals surface area contributed by atoms with Gasteiger partial charge in [0.2, 0.25) is 17.8 Å². The highest BCUT2D eigenvalue weighted by Crippen LogP contribution is 2.44. The number of halogens is 1. The Morgan fingerprint density at radius 3 is 2.64 bits per heavy atom. The Labute approximate surface area is 199 Å². The van der Waals surface area contributed by atoms with E-state index >= 15 is 0 Å². The molecule has 0 aliphatic carbocycles. The number of aromatic nitrogens is 3. The van der Waals surface area contributed by atoms with Gasteiger partial charge in [0.1, 0.15) is 0 Å². The van der Waals surface area contributed by atoms with E-state index in [0.29, 0.717) is 38.8 Å². The Morgan fingerprint density at radius 2 is 1.76 bits per heavy atom. The van der Waals surface area contributed by atoms with Gasteiger partial charge in [-0.3, -0.25) is 0 Å². The van der Waals surface area contributed by atoms with Crippen LogP contribution in [0.4, 0.5) is 5.69 Å². The molecule has 3 aromatic carbocycles. The molecule has 1 N–H and O–H groups in total. The fourth-order valence-electron chi connectivity index (χ4n) is 3.71. The molecule has 1 unspecified atom stereocenters. The summed E-state index contributed by atoms with van der Waals surface area (Å²) >= 11 is 8.09. The van der Waals surface area contributed by atoms with Crippen molar-refractivity contribution in [3.63, 3.8) is 0 Å². The number of benzene rings is 3. The van der Waals surface area contributed by atoms with E-state index in [4.69, 9.17) is 30.8 Å². The van der Waals surface area contributed by atoms with Crippen LogP contribution in [0.2, 0.25) is 5.02 Å². The third-order valence-electron chi connectivity index (χ3n) is 5.32. The van der Waals surface area contributed by atoms with Crippen LogP contribution in [0.1, 0.15) is 17.4 Å². The maximum absolute atomic E-state index is 6.59. The van der Waals surface area contributed by atoms with Crippen molar-refractivity contribution in [1.29, 1.82) is 0 Å². The Kier molecular flexibility index (Phi) is 5.16. The molecule has 33 heavy (non-hydrogen) atoms. The van der Waals surface area contributed by atoms with Crippen LogP contribution < -0.4 is 19.5 Å². The van der Waals surface area contributed by atoms with E-state index in [-0.39, 0.29) is 6.79 Å². The topological polar surface area (TPSA) is 78.4 Å². The summed E-state index contributed by atoms with van der Waals surface area (Å²) in [7, 11) is 0. The lowest BCUT2D eigenvalue weighted by atomic mass is 10.1. The molecule has 2 aliphatic rings. The van der Waals surface area contributed by atoms with Gasteiger partial charge in [0.25, 0.3) is 0 Å². The average Bonchev–Trinajstić information content (AvgIpc) is 3.23. The fourth-order valence-corrected chi connectivity index (χ4v) is 4.69. The minimum atomic E-state index is -0.613. The van der Waals surface area contributed by atoms with E-state index in [9.17, 15) is 0 Å². The van der Waals surface area contributed by atoms with Crippen molar-refractivity contribution >= 4 is 29.1 Å². The van der Waals surface area contributed by atoms with Crippen molar-refractivity contribution in [2.45, 2.75) is 17.1 Å². The predicted octanol–water partition coefficient (Wildman–Crippen LogP) is 5.72.